The molecule has 1 fully saturated rings. The van der Waals surface area contributed by atoms with E-state index in [1.54, 1.807) is 24.3 Å². The van der Waals surface area contributed by atoms with Gasteiger partial charge < -0.3 is 52.1 Å². The summed E-state index contributed by atoms with van der Waals surface area (Å²) in [6.07, 6.45) is 28.9. The number of hydrogen-bond acceptors (Lipinski definition) is 21. The Morgan fingerprint density at radius 1 is 0.364 bits per heavy atom. The molecular formula is C78H118O21. The van der Waals surface area contributed by atoms with Crippen molar-refractivity contribution in [2.24, 2.45) is 5.92 Å². The number of rotatable bonds is 62. The minimum absolute atomic E-state index is 0.207. The summed E-state index contributed by atoms with van der Waals surface area (Å²) in [6.45, 7) is 9.09. The van der Waals surface area contributed by atoms with Crippen molar-refractivity contribution >= 4 is 60.0 Å². The van der Waals surface area contributed by atoms with E-state index in [1.165, 1.54) is 56.9 Å². The number of benzene rings is 2. The molecule has 2 aromatic rings. The number of esters is 9. The Balaban J connectivity index is 0.983. The Morgan fingerprint density at radius 3 is 1.03 bits per heavy atom. The Labute approximate surface area is 589 Å². The van der Waals surface area contributed by atoms with Gasteiger partial charge in [-0.25, -0.2) is 4.79 Å². The molecule has 1 aliphatic carbocycles. The molecular weight excluding hydrogens is 1270 g/mol. The van der Waals surface area contributed by atoms with E-state index in [2.05, 4.69) is 25.6 Å². The van der Waals surface area contributed by atoms with Crippen LogP contribution in [-0.4, -0.2) is 133 Å². The van der Waals surface area contributed by atoms with Crippen molar-refractivity contribution in [3.8, 4) is 11.5 Å². The van der Waals surface area contributed by atoms with Crippen LogP contribution in [0, 0.1) is 5.92 Å². The lowest BCUT2D eigenvalue weighted by atomic mass is 9.77. The molecule has 0 heterocycles. The quantitative estimate of drug-likeness (QED) is 0.0149. The first-order valence-corrected chi connectivity index (χ1v) is 37.2. The Hall–Kier alpha value is -7.16. The summed E-state index contributed by atoms with van der Waals surface area (Å²) >= 11 is 0. The number of aldehydes is 1. The molecule has 0 N–H and O–H groups in total. The van der Waals surface area contributed by atoms with Crippen molar-refractivity contribution in [2.75, 3.05) is 72.7 Å². The molecule has 0 bridgehead atoms. The number of carbonyl (C=O) groups is 10. The number of carbonyl (C=O) groups excluding carboxylic acids is 10. The molecule has 2 aromatic carbocycles. The van der Waals surface area contributed by atoms with Crippen molar-refractivity contribution < 1.29 is 100 Å². The fraction of sp³-hybridized carbons (Fsp3) is 0.692. The highest BCUT2D eigenvalue weighted by molar-refractivity contribution is 5.91. The highest BCUT2D eigenvalue weighted by Crippen LogP contribution is 2.38. The standard InChI is InChI=1S/C78H118O21/c1-3-4-11-30-64-39-41-65(42-40-64)66-43-49-69(50-44-66)99-78(88)67-45-47-68(48-46-67)90-52-21-5-6-22-53-91-70(80)32-13-8-23-54-92-74(84)35-16-26-58-96-72(82)33-14-9-24-55-93-75(85)36-17-27-59-97-73(83)34-15-10-25-56-94-76(86)37-18-29-60-98-77(87)38-19-28-57-95-71(81)31-12-7-20-51-89-62-63(2)61-79/h43-50,61,64-65H,2-42,51-60,62H2,1H3. The number of ether oxygens (including phenoxy) is 11. The van der Waals surface area contributed by atoms with E-state index in [0.717, 1.165) is 50.9 Å². The molecule has 0 aliphatic heterocycles. The van der Waals surface area contributed by atoms with E-state index in [-0.39, 0.29) is 139 Å². The summed E-state index contributed by atoms with van der Waals surface area (Å²) in [6, 6.07) is 15.0. The van der Waals surface area contributed by atoms with Gasteiger partial charge in [0.2, 0.25) is 0 Å². The van der Waals surface area contributed by atoms with Gasteiger partial charge in [-0.2, -0.15) is 0 Å². The van der Waals surface area contributed by atoms with Crippen molar-refractivity contribution in [3.05, 3.63) is 71.8 Å². The fourth-order valence-corrected chi connectivity index (χ4v) is 11.0. The first-order valence-electron chi connectivity index (χ1n) is 37.2. The monoisotopic (exact) mass is 1390 g/mol. The van der Waals surface area contributed by atoms with Gasteiger partial charge in [0.1, 0.15) is 17.8 Å². The molecule has 21 heteroatoms. The van der Waals surface area contributed by atoms with Crippen LogP contribution in [0.3, 0.4) is 0 Å². The summed E-state index contributed by atoms with van der Waals surface area (Å²) in [5, 5.41) is 0. The van der Waals surface area contributed by atoms with Gasteiger partial charge in [-0.3, -0.25) is 43.2 Å². The average Bonchev–Trinajstić information content (AvgIpc) is 0.903. The van der Waals surface area contributed by atoms with Gasteiger partial charge in [0.25, 0.3) is 0 Å². The molecule has 1 saturated carbocycles. The summed E-state index contributed by atoms with van der Waals surface area (Å²) in [5.41, 5.74) is 2.19. The third kappa shape index (κ3) is 48.3. The largest absolute Gasteiger partial charge is 0.494 e. The second kappa shape index (κ2) is 58.6. The van der Waals surface area contributed by atoms with Gasteiger partial charge in [-0.15, -0.1) is 0 Å². The molecule has 0 atom stereocenters. The van der Waals surface area contributed by atoms with Gasteiger partial charge in [-0.1, -0.05) is 57.7 Å². The van der Waals surface area contributed by atoms with Crippen LogP contribution in [0.4, 0.5) is 0 Å². The maximum Gasteiger partial charge on any atom is 0.343 e. The smallest absolute Gasteiger partial charge is 0.343 e. The Bertz CT molecular complexity index is 2560. The zero-order valence-corrected chi connectivity index (χ0v) is 59.7. The maximum atomic E-state index is 12.8. The van der Waals surface area contributed by atoms with Crippen LogP contribution in [-0.2, 0) is 85.8 Å². The van der Waals surface area contributed by atoms with Crippen LogP contribution in [0.25, 0.3) is 0 Å². The van der Waals surface area contributed by atoms with Crippen LogP contribution in [0.2, 0.25) is 0 Å². The lowest BCUT2D eigenvalue weighted by Crippen LogP contribution is -2.13. The summed E-state index contributed by atoms with van der Waals surface area (Å²) < 4.78 is 59.1. The predicted molar refractivity (Wildman–Crippen MR) is 374 cm³/mol. The zero-order chi connectivity index (χ0) is 71.4. The topological polar surface area (TPSA) is 272 Å². The lowest BCUT2D eigenvalue weighted by Gasteiger charge is -2.29. The predicted octanol–water partition coefficient (Wildman–Crippen LogP) is 15.7. The molecule has 0 radical (unpaired) electrons. The van der Waals surface area contributed by atoms with Crippen molar-refractivity contribution in [1.82, 2.24) is 0 Å². The molecule has 21 nitrogen and oxygen atoms in total. The molecule has 0 spiro atoms. The Morgan fingerprint density at radius 2 is 0.677 bits per heavy atom. The Kier molecular flexibility index (Phi) is 51.0. The molecule has 0 aromatic heterocycles. The van der Waals surface area contributed by atoms with E-state index in [4.69, 9.17) is 52.1 Å². The van der Waals surface area contributed by atoms with Crippen molar-refractivity contribution in [2.45, 2.75) is 270 Å². The van der Waals surface area contributed by atoms with Crippen LogP contribution in [0.5, 0.6) is 11.5 Å². The summed E-state index contributed by atoms with van der Waals surface area (Å²) in [5.74, 6) is -0.149. The third-order valence-electron chi connectivity index (χ3n) is 16.9. The van der Waals surface area contributed by atoms with E-state index in [0.29, 0.717) is 177 Å². The molecule has 0 unspecified atom stereocenters. The minimum atomic E-state index is -0.398. The molecule has 556 valence electrons. The van der Waals surface area contributed by atoms with Crippen LogP contribution < -0.4 is 9.47 Å². The van der Waals surface area contributed by atoms with E-state index >= 15 is 0 Å². The van der Waals surface area contributed by atoms with Gasteiger partial charge >= 0.3 is 53.7 Å². The minimum Gasteiger partial charge on any atom is -0.494 e. The molecule has 0 saturated heterocycles. The zero-order valence-electron chi connectivity index (χ0n) is 59.7. The lowest BCUT2D eigenvalue weighted by molar-refractivity contribution is -0.146. The van der Waals surface area contributed by atoms with Crippen molar-refractivity contribution in [3.63, 3.8) is 0 Å². The second-order valence-corrected chi connectivity index (χ2v) is 25.6. The van der Waals surface area contributed by atoms with Crippen LogP contribution in [0.15, 0.2) is 60.7 Å². The van der Waals surface area contributed by atoms with E-state index in [9.17, 15) is 47.9 Å². The van der Waals surface area contributed by atoms with Gasteiger partial charge in [0.15, 0.2) is 0 Å². The van der Waals surface area contributed by atoms with Gasteiger partial charge in [-0.05, 0) is 227 Å². The highest BCUT2D eigenvalue weighted by atomic mass is 16.6. The average molecular weight is 1390 g/mol. The summed E-state index contributed by atoms with van der Waals surface area (Å²) in [4.78, 5) is 120. The first kappa shape index (κ1) is 86.1. The molecule has 3 rings (SSSR count). The number of unbranched alkanes of at least 4 members (excludes halogenated alkanes) is 17. The van der Waals surface area contributed by atoms with E-state index in [1.807, 2.05) is 12.1 Å². The maximum absolute atomic E-state index is 12.8. The van der Waals surface area contributed by atoms with Crippen LogP contribution in [0.1, 0.15) is 286 Å². The van der Waals surface area contributed by atoms with Crippen LogP contribution >= 0.6 is 0 Å². The SMILES string of the molecule is C=C(C=O)COCCCCCC(=O)OCCCCC(=O)OCCCCC(=O)OCCCCCC(=O)OCCCCC(=O)OCCCCCC(=O)OCCCCC(=O)OCCCCCC(=O)OCCCCCCOc1ccc(C(=O)Oc2ccc(C3CCC(CCCCC)CC3)cc2)cc1. The highest BCUT2D eigenvalue weighted by Gasteiger charge is 2.23. The molecule has 0 amide bonds. The van der Waals surface area contributed by atoms with Gasteiger partial charge in [0, 0.05) is 63.5 Å². The third-order valence-corrected chi connectivity index (χ3v) is 16.9. The normalized spacial score (nSPS) is 13.3. The van der Waals surface area contributed by atoms with E-state index < -0.39 is 5.97 Å². The first-order chi connectivity index (χ1) is 48.2. The summed E-state index contributed by atoms with van der Waals surface area (Å²) in [7, 11) is 0. The second-order valence-electron chi connectivity index (χ2n) is 25.6. The molecule has 1 aliphatic rings. The van der Waals surface area contributed by atoms with Gasteiger partial charge in [0.05, 0.1) is 71.6 Å². The number of hydrogen-bond donors (Lipinski definition) is 0. The van der Waals surface area contributed by atoms with Crippen molar-refractivity contribution in [1.29, 1.82) is 0 Å². The fourth-order valence-electron chi connectivity index (χ4n) is 11.0. The molecule has 99 heavy (non-hydrogen) atoms.